The standard InChI is InChI=1S/C8H8N4O2/c1-3-6(2)11-8-9-4-7(5-10-8)12(13)14/h1,4-6H,2H3,(H,9,10,11). The Labute approximate surface area is 80.5 Å². The molecule has 0 aliphatic heterocycles. The van der Waals surface area contributed by atoms with E-state index in [1.807, 2.05) is 0 Å². The second kappa shape index (κ2) is 4.18. The van der Waals surface area contributed by atoms with Gasteiger partial charge in [-0.05, 0) is 6.92 Å². The van der Waals surface area contributed by atoms with Crippen LogP contribution in [0.4, 0.5) is 11.6 Å². The molecule has 1 unspecified atom stereocenters. The van der Waals surface area contributed by atoms with E-state index in [4.69, 9.17) is 6.42 Å². The molecule has 0 bridgehead atoms. The average Bonchev–Trinajstić information content (AvgIpc) is 2.18. The molecule has 1 aromatic heterocycles. The molecule has 1 rings (SSSR count). The molecule has 72 valence electrons. The van der Waals surface area contributed by atoms with Gasteiger partial charge in [0.2, 0.25) is 5.95 Å². The minimum atomic E-state index is -0.561. The van der Waals surface area contributed by atoms with Crippen molar-refractivity contribution in [3.8, 4) is 12.3 Å². The van der Waals surface area contributed by atoms with Gasteiger partial charge in [0.25, 0.3) is 0 Å². The minimum absolute atomic E-state index is 0.149. The molecule has 0 aliphatic rings. The van der Waals surface area contributed by atoms with Gasteiger partial charge in [0, 0.05) is 0 Å². The quantitative estimate of drug-likeness (QED) is 0.435. The van der Waals surface area contributed by atoms with E-state index in [1.165, 1.54) is 0 Å². The molecule has 1 aromatic rings. The van der Waals surface area contributed by atoms with Crippen LogP contribution in [0.5, 0.6) is 0 Å². The van der Waals surface area contributed by atoms with Crippen LogP contribution in [0.15, 0.2) is 12.4 Å². The zero-order valence-corrected chi connectivity index (χ0v) is 7.47. The second-order valence-corrected chi connectivity index (χ2v) is 2.55. The SMILES string of the molecule is C#CC(C)Nc1ncc([N+](=O)[O-])cn1. The molecule has 6 heteroatoms. The minimum Gasteiger partial charge on any atom is -0.341 e. The van der Waals surface area contributed by atoms with E-state index in [0.717, 1.165) is 12.4 Å². The van der Waals surface area contributed by atoms with E-state index in [-0.39, 0.29) is 17.7 Å². The zero-order chi connectivity index (χ0) is 10.6. The van der Waals surface area contributed by atoms with Crippen LogP contribution in [-0.4, -0.2) is 20.9 Å². The van der Waals surface area contributed by atoms with Crippen LogP contribution in [0.3, 0.4) is 0 Å². The molecule has 0 saturated heterocycles. The third kappa shape index (κ3) is 2.42. The Morgan fingerprint density at radius 3 is 2.64 bits per heavy atom. The van der Waals surface area contributed by atoms with Crippen LogP contribution in [-0.2, 0) is 0 Å². The molecule has 14 heavy (non-hydrogen) atoms. The summed E-state index contributed by atoms with van der Waals surface area (Å²) in [6, 6.07) is -0.212. The Balaban J connectivity index is 2.75. The molecule has 0 saturated carbocycles. The van der Waals surface area contributed by atoms with Crippen LogP contribution in [0, 0.1) is 22.5 Å². The predicted octanol–water partition coefficient (Wildman–Crippen LogP) is 0.818. The summed E-state index contributed by atoms with van der Waals surface area (Å²) in [5.41, 5.74) is -0.149. The molecule has 6 nitrogen and oxygen atoms in total. The van der Waals surface area contributed by atoms with Gasteiger partial charge in [-0.15, -0.1) is 6.42 Å². The molecule has 0 aliphatic carbocycles. The van der Waals surface area contributed by atoms with Crippen molar-refractivity contribution >= 4 is 11.6 Å². The van der Waals surface area contributed by atoms with Gasteiger partial charge in [0.15, 0.2) is 0 Å². The fraction of sp³-hybridized carbons (Fsp3) is 0.250. The van der Waals surface area contributed by atoms with Crippen molar-refractivity contribution in [1.29, 1.82) is 0 Å². The van der Waals surface area contributed by atoms with Crippen LogP contribution in [0.25, 0.3) is 0 Å². The fourth-order valence-electron chi connectivity index (χ4n) is 0.725. The van der Waals surface area contributed by atoms with Crippen molar-refractivity contribution in [3.63, 3.8) is 0 Å². The third-order valence-corrected chi connectivity index (χ3v) is 1.44. The summed E-state index contributed by atoms with van der Waals surface area (Å²) in [6.07, 6.45) is 7.37. The highest BCUT2D eigenvalue weighted by molar-refractivity contribution is 5.33. The van der Waals surface area contributed by atoms with E-state index >= 15 is 0 Å². The summed E-state index contributed by atoms with van der Waals surface area (Å²) >= 11 is 0. The van der Waals surface area contributed by atoms with Gasteiger partial charge in [0.1, 0.15) is 12.4 Å². The number of nitrogens with one attached hydrogen (secondary N) is 1. The van der Waals surface area contributed by atoms with Crippen molar-refractivity contribution in [1.82, 2.24) is 9.97 Å². The summed E-state index contributed by atoms with van der Waals surface area (Å²) in [6.45, 7) is 1.75. The molecule has 0 spiro atoms. The van der Waals surface area contributed by atoms with Crippen LogP contribution >= 0.6 is 0 Å². The zero-order valence-electron chi connectivity index (χ0n) is 7.47. The monoisotopic (exact) mass is 192 g/mol. The predicted molar refractivity (Wildman–Crippen MR) is 50.6 cm³/mol. The normalized spacial score (nSPS) is 11.4. The van der Waals surface area contributed by atoms with Crippen LogP contribution in [0.1, 0.15) is 6.92 Å². The van der Waals surface area contributed by atoms with E-state index in [2.05, 4.69) is 21.2 Å². The Morgan fingerprint density at radius 1 is 1.64 bits per heavy atom. The highest BCUT2D eigenvalue weighted by Crippen LogP contribution is 2.08. The molecule has 0 aromatic carbocycles. The van der Waals surface area contributed by atoms with Crippen molar-refractivity contribution in [3.05, 3.63) is 22.5 Å². The number of terminal acetylenes is 1. The topological polar surface area (TPSA) is 81.0 Å². The first-order valence-corrected chi connectivity index (χ1v) is 3.82. The Kier molecular flexibility index (Phi) is 2.97. The Hall–Kier alpha value is -2.16. The van der Waals surface area contributed by atoms with Gasteiger partial charge >= 0.3 is 5.69 Å². The number of hydrogen-bond donors (Lipinski definition) is 1. The maximum absolute atomic E-state index is 10.3. The average molecular weight is 192 g/mol. The number of nitrogens with zero attached hydrogens (tertiary/aromatic N) is 3. The number of anilines is 1. The maximum atomic E-state index is 10.3. The molecule has 0 fully saturated rings. The highest BCUT2D eigenvalue weighted by atomic mass is 16.6. The Bertz CT molecular complexity index is 368. The lowest BCUT2D eigenvalue weighted by Gasteiger charge is -2.05. The smallest absolute Gasteiger partial charge is 0.305 e. The van der Waals surface area contributed by atoms with Crippen molar-refractivity contribution < 1.29 is 4.92 Å². The molecule has 0 radical (unpaired) electrons. The molecule has 1 N–H and O–H groups in total. The third-order valence-electron chi connectivity index (χ3n) is 1.44. The highest BCUT2D eigenvalue weighted by Gasteiger charge is 2.06. The summed E-state index contributed by atoms with van der Waals surface area (Å²) in [7, 11) is 0. The van der Waals surface area contributed by atoms with E-state index in [0.29, 0.717) is 0 Å². The summed E-state index contributed by atoms with van der Waals surface area (Å²) in [5, 5.41) is 13.0. The number of rotatable bonds is 3. The van der Waals surface area contributed by atoms with Gasteiger partial charge in [-0.2, -0.15) is 0 Å². The lowest BCUT2D eigenvalue weighted by molar-refractivity contribution is -0.385. The summed E-state index contributed by atoms with van der Waals surface area (Å²) in [5.74, 6) is 2.70. The van der Waals surface area contributed by atoms with Gasteiger partial charge in [-0.1, -0.05) is 5.92 Å². The molecule has 1 atom stereocenters. The van der Waals surface area contributed by atoms with E-state index in [1.54, 1.807) is 6.92 Å². The number of hydrogen-bond acceptors (Lipinski definition) is 5. The fourth-order valence-corrected chi connectivity index (χ4v) is 0.725. The van der Waals surface area contributed by atoms with E-state index in [9.17, 15) is 10.1 Å². The molecular formula is C8H8N4O2. The molecular weight excluding hydrogens is 184 g/mol. The first kappa shape index (κ1) is 9.92. The van der Waals surface area contributed by atoms with Gasteiger partial charge in [0.05, 0.1) is 11.0 Å². The van der Waals surface area contributed by atoms with Crippen molar-refractivity contribution in [2.45, 2.75) is 13.0 Å². The molecule has 0 amide bonds. The lowest BCUT2D eigenvalue weighted by atomic mass is 10.4. The first-order valence-electron chi connectivity index (χ1n) is 3.82. The van der Waals surface area contributed by atoms with Gasteiger partial charge in [-0.25, -0.2) is 9.97 Å². The molecule has 1 heterocycles. The maximum Gasteiger partial charge on any atom is 0.305 e. The van der Waals surface area contributed by atoms with Crippen molar-refractivity contribution in [2.24, 2.45) is 0 Å². The lowest BCUT2D eigenvalue weighted by Crippen LogP contribution is -2.14. The second-order valence-electron chi connectivity index (χ2n) is 2.55. The number of aromatic nitrogens is 2. The first-order chi connectivity index (χ1) is 6.63. The van der Waals surface area contributed by atoms with Gasteiger partial charge in [-0.3, -0.25) is 10.1 Å². The van der Waals surface area contributed by atoms with Crippen LogP contribution in [0.2, 0.25) is 0 Å². The summed E-state index contributed by atoms with van der Waals surface area (Å²) in [4.78, 5) is 17.2. The van der Waals surface area contributed by atoms with E-state index < -0.39 is 4.92 Å². The van der Waals surface area contributed by atoms with Crippen molar-refractivity contribution in [2.75, 3.05) is 5.32 Å². The number of nitro groups is 1. The van der Waals surface area contributed by atoms with Gasteiger partial charge < -0.3 is 5.32 Å². The Morgan fingerprint density at radius 2 is 2.21 bits per heavy atom. The van der Waals surface area contributed by atoms with Crippen LogP contribution < -0.4 is 5.32 Å². The largest absolute Gasteiger partial charge is 0.341 e. The summed E-state index contributed by atoms with van der Waals surface area (Å²) < 4.78 is 0.